The summed E-state index contributed by atoms with van der Waals surface area (Å²) >= 11 is 2.62. The first-order valence-electron chi connectivity index (χ1n) is 11.5. The molecule has 0 spiro atoms. The van der Waals surface area contributed by atoms with Crippen molar-refractivity contribution < 1.29 is 14.3 Å². The highest BCUT2D eigenvalue weighted by molar-refractivity contribution is 7.17. The van der Waals surface area contributed by atoms with E-state index in [0.29, 0.717) is 45.0 Å². The number of urea groups is 1. The zero-order chi connectivity index (χ0) is 26.6. The molecule has 4 aromatic heterocycles. The van der Waals surface area contributed by atoms with Gasteiger partial charge in [0, 0.05) is 41.9 Å². The Hall–Kier alpha value is -4.49. The molecule has 0 radical (unpaired) electrons. The quantitative estimate of drug-likeness (QED) is 0.280. The molecule has 0 saturated heterocycles. The van der Waals surface area contributed by atoms with Crippen molar-refractivity contribution in [1.82, 2.24) is 35.0 Å². The molecule has 11 nitrogen and oxygen atoms in total. The van der Waals surface area contributed by atoms with Crippen molar-refractivity contribution in [3.63, 3.8) is 0 Å². The lowest BCUT2D eigenvalue weighted by Crippen LogP contribution is -2.28. The van der Waals surface area contributed by atoms with Crippen molar-refractivity contribution in [1.29, 1.82) is 0 Å². The number of methoxy groups -OCH3 is 1. The lowest BCUT2D eigenvalue weighted by Gasteiger charge is -2.09. The lowest BCUT2D eigenvalue weighted by molar-refractivity contribution is 0.0606. The largest absolute Gasteiger partial charge is 0.465 e. The van der Waals surface area contributed by atoms with Gasteiger partial charge in [-0.25, -0.2) is 24.5 Å². The second-order valence-electron chi connectivity index (χ2n) is 7.96. The Labute approximate surface area is 225 Å². The highest BCUT2D eigenvalue weighted by Crippen LogP contribution is 2.40. The Morgan fingerprint density at radius 3 is 2.63 bits per heavy atom. The minimum absolute atomic E-state index is 0.290. The van der Waals surface area contributed by atoms with Gasteiger partial charge in [-0.3, -0.25) is 5.32 Å². The van der Waals surface area contributed by atoms with Crippen molar-refractivity contribution >= 4 is 40.5 Å². The SMILES string of the molecule is CCNC(=O)Nc1cc(-c2nc(-c3ccccc3)cs2)c(-c2nc(-c3nncn3C)c(C(=O)OC)s2)cn1. The number of benzene rings is 1. The highest BCUT2D eigenvalue weighted by Gasteiger charge is 2.26. The number of hydrogen-bond donors (Lipinski definition) is 2. The van der Waals surface area contributed by atoms with E-state index in [0.717, 1.165) is 22.6 Å². The molecule has 0 aliphatic rings. The molecule has 0 unspecified atom stereocenters. The van der Waals surface area contributed by atoms with Crippen molar-refractivity contribution in [2.75, 3.05) is 19.0 Å². The number of nitrogens with one attached hydrogen (secondary N) is 2. The van der Waals surface area contributed by atoms with Crippen LogP contribution in [-0.4, -0.2) is 55.4 Å². The number of carbonyl (C=O) groups is 2. The number of anilines is 1. The first kappa shape index (κ1) is 25.2. The molecule has 0 bridgehead atoms. The van der Waals surface area contributed by atoms with E-state index in [1.807, 2.05) is 42.6 Å². The summed E-state index contributed by atoms with van der Waals surface area (Å²) in [5.41, 5.74) is 3.51. The predicted molar refractivity (Wildman–Crippen MR) is 146 cm³/mol. The first-order chi connectivity index (χ1) is 18.5. The minimum atomic E-state index is -0.531. The highest BCUT2D eigenvalue weighted by atomic mass is 32.1. The molecule has 2 amide bonds. The van der Waals surface area contributed by atoms with E-state index in [9.17, 15) is 9.59 Å². The number of thiazole rings is 2. The number of aryl methyl sites for hydroxylation is 1. The molecular weight excluding hydrogens is 524 g/mol. The van der Waals surface area contributed by atoms with Crippen molar-refractivity contribution in [2.24, 2.45) is 7.05 Å². The van der Waals surface area contributed by atoms with E-state index >= 15 is 0 Å². The van der Waals surface area contributed by atoms with Crippen molar-refractivity contribution in [3.8, 4) is 43.9 Å². The van der Waals surface area contributed by atoms with Gasteiger partial charge in [-0.2, -0.15) is 0 Å². The van der Waals surface area contributed by atoms with E-state index < -0.39 is 5.97 Å². The summed E-state index contributed by atoms with van der Waals surface area (Å²) in [5.74, 6) is 0.248. The maximum Gasteiger partial charge on any atom is 0.350 e. The van der Waals surface area contributed by atoms with E-state index in [2.05, 4.69) is 25.8 Å². The van der Waals surface area contributed by atoms with E-state index in [4.69, 9.17) is 14.7 Å². The van der Waals surface area contributed by atoms with Crippen LogP contribution in [0.15, 0.2) is 54.3 Å². The van der Waals surface area contributed by atoms with Crippen LogP contribution in [0.4, 0.5) is 10.6 Å². The number of esters is 1. The van der Waals surface area contributed by atoms with E-state index in [1.54, 1.807) is 23.9 Å². The van der Waals surface area contributed by atoms with Gasteiger partial charge in [0.15, 0.2) is 5.82 Å². The van der Waals surface area contributed by atoms with Gasteiger partial charge in [0.2, 0.25) is 0 Å². The average Bonchev–Trinajstić information content (AvgIpc) is 3.68. The van der Waals surface area contributed by atoms with Gasteiger partial charge in [0.05, 0.1) is 12.8 Å². The first-order valence-corrected chi connectivity index (χ1v) is 13.2. The molecule has 5 rings (SSSR count). The topological polar surface area (TPSA) is 137 Å². The Morgan fingerprint density at radius 2 is 1.92 bits per heavy atom. The standard InChI is InChI=1S/C25H22N8O3S2/c1-4-26-25(35)30-18-10-15(22-29-17(12-37-22)14-8-6-5-7-9-14)16(11-27-18)23-31-19(20(38-23)24(34)36-3)21-32-28-13-33(21)2/h5-13H,4H2,1-3H3,(H2,26,27,30,35). The summed E-state index contributed by atoms with van der Waals surface area (Å²) < 4.78 is 6.69. The fraction of sp³-hybridized carbons (Fsp3) is 0.160. The van der Waals surface area contributed by atoms with Crippen LogP contribution in [0.5, 0.6) is 0 Å². The van der Waals surface area contributed by atoms with Gasteiger partial charge < -0.3 is 14.6 Å². The smallest absolute Gasteiger partial charge is 0.350 e. The molecule has 0 aliphatic heterocycles. The third-order valence-electron chi connectivity index (χ3n) is 5.44. The Morgan fingerprint density at radius 1 is 1.11 bits per heavy atom. The van der Waals surface area contributed by atoms with Crippen LogP contribution in [0.2, 0.25) is 0 Å². The third-order valence-corrected chi connectivity index (χ3v) is 7.38. The monoisotopic (exact) mass is 546 g/mol. The summed E-state index contributed by atoms with van der Waals surface area (Å²) in [6.45, 7) is 2.31. The van der Waals surface area contributed by atoms with Gasteiger partial charge in [0.1, 0.15) is 32.7 Å². The zero-order valence-electron chi connectivity index (χ0n) is 20.6. The number of carbonyl (C=O) groups excluding carboxylic acids is 2. The Balaban J connectivity index is 1.65. The molecule has 2 N–H and O–H groups in total. The van der Waals surface area contributed by atoms with Crippen molar-refractivity contribution in [3.05, 3.63) is 59.2 Å². The molecular formula is C25H22N8O3S2. The van der Waals surface area contributed by atoms with Crippen LogP contribution in [0.25, 0.3) is 43.9 Å². The summed E-state index contributed by atoms with van der Waals surface area (Å²) in [5, 5.41) is 16.7. The number of nitrogens with zero attached hydrogens (tertiary/aromatic N) is 6. The maximum atomic E-state index is 12.6. The Kier molecular flexibility index (Phi) is 7.20. The number of hydrogen-bond acceptors (Lipinski definition) is 10. The minimum Gasteiger partial charge on any atom is -0.465 e. The van der Waals surface area contributed by atoms with Gasteiger partial charge in [0.25, 0.3) is 0 Å². The second-order valence-corrected chi connectivity index (χ2v) is 9.81. The van der Waals surface area contributed by atoms with E-state index in [-0.39, 0.29) is 10.9 Å². The van der Waals surface area contributed by atoms with Crippen LogP contribution in [0, 0.1) is 0 Å². The fourth-order valence-corrected chi connectivity index (χ4v) is 5.51. The molecule has 13 heteroatoms. The summed E-state index contributed by atoms with van der Waals surface area (Å²) in [6.07, 6.45) is 3.14. The summed E-state index contributed by atoms with van der Waals surface area (Å²) in [4.78, 5) is 39.2. The number of aromatic nitrogens is 6. The molecule has 38 heavy (non-hydrogen) atoms. The molecule has 0 saturated carbocycles. The maximum absolute atomic E-state index is 12.6. The summed E-state index contributed by atoms with van der Waals surface area (Å²) in [7, 11) is 3.09. The van der Waals surface area contributed by atoms with Crippen LogP contribution in [0.3, 0.4) is 0 Å². The number of ether oxygens (including phenoxy) is 1. The van der Waals surface area contributed by atoms with E-state index in [1.165, 1.54) is 24.8 Å². The van der Waals surface area contributed by atoms with Gasteiger partial charge in [-0.15, -0.1) is 32.9 Å². The molecule has 4 heterocycles. The second kappa shape index (κ2) is 10.9. The predicted octanol–water partition coefficient (Wildman–Crippen LogP) is 4.72. The van der Waals surface area contributed by atoms with Crippen molar-refractivity contribution in [2.45, 2.75) is 6.92 Å². The third kappa shape index (κ3) is 5.01. The van der Waals surface area contributed by atoms with Gasteiger partial charge in [-0.05, 0) is 13.0 Å². The average molecular weight is 547 g/mol. The van der Waals surface area contributed by atoms with Crippen LogP contribution in [0.1, 0.15) is 16.6 Å². The molecule has 0 fully saturated rings. The normalized spacial score (nSPS) is 10.8. The number of amides is 2. The number of pyridine rings is 1. The van der Waals surface area contributed by atoms with Crippen LogP contribution in [-0.2, 0) is 11.8 Å². The van der Waals surface area contributed by atoms with Crippen LogP contribution >= 0.6 is 22.7 Å². The molecule has 192 valence electrons. The van der Waals surface area contributed by atoms with Crippen LogP contribution < -0.4 is 10.6 Å². The molecule has 0 aliphatic carbocycles. The fourth-order valence-electron chi connectivity index (χ4n) is 3.65. The molecule has 1 aromatic carbocycles. The lowest BCUT2D eigenvalue weighted by atomic mass is 10.1. The molecule has 0 atom stereocenters. The zero-order valence-corrected chi connectivity index (χ0v) is 22.3. The number of rotatable bonds is 7. The van der Waals surface area contributed by atoms with Gasteiger partial charge >= 0.3 is 12.0 Å². The Bertz CT molecular complexity index is 1610. The summed E-state index contributed by atoms with van der Waals surface area (Å²) in [6, 6.07) is 11.2. The molecule has 5 aromatic rings. The van der Waals surface area contributed by atoms with Gasteiger partial charge in [-0.1, -0.05) is 30.3 Å².